The van der Waals surface area contributed by atoms with Crippen molar-refractivity contribution in [1.82, 2.24) is 5.43 Å². The first kappa shape index (κ1) is 10.7. The van der Waals surface area contributed by atoms with E-state index in [-0.39, 0.29) is 11.8 Å². The van der Waals surface area contributed by atoms with Crippen molar-refractivity contribution in [3.8, 4) is 5.75 Å². The SMILES string of the molecule is NNC(c1ccccc1)c1ccc(O)cc1. The number of rotatable bonds is 3. The highest BCUT2D eigenvalue weighted by molar-refractivity contribution is 5.34. The van der Waals surface area contributed by atoms with E-state index in [1.165, 1.54) is 0 Å². The average Bonchev–Trinajstić information content (AvgIpc) is 2.34. The number of benzene rings is 2. The largest absolute Gasteiger partial charge is 0.508 e. The highest BCUT2D eigenvalue weighted by Gasteiger charge is 2.11. The second-order valence-electron chi connectivity index (χ2n) is 3.60. The molecule has 2 rings (SSSR count). The molecular weight excluding hydrogens is 200 g/mol. The van der Waals surface area contributed by atoms with E-state index in [1.807, 2.05) is 42.5 Å². The second kappa shape index (κ2) is 4.79. The summed E-state index contributed by atoms with van der Waals surface area (Å²) < 4.78 is 0. The van der Waals surface area contributed by atoms with Crippen LogP contribution in [0.3, 0.4) is 0 Å². The summed E-state index contributed by atoms with van der Waals surface area (Å²) in [6.07, 6.45) is 0. The minimum absolute atomic E-state index is 0.0539. The lowest BCUT2D eigenvalue weighted by molar-refractivity contribution is 0.474. The van der Waals surface area contributed by atoms with Gasteiger partial charge in [0.15, 0.2) is 0 Å². The second-order valence-corrected chi connectivity index (χ2v) is 3.60. The number of nitrogens with two attached hydrogens (primary N) is 1. The van der Waals surface area contributed by atoms with Crippen LogP contribution >= 0.6 is 0 Å². The Labute approximate surface area is 94.5 Å². The van der Waals surface area contributed by atoms with Gasteiger partial charge in [-0.05, 0) is 23.3 Å². The zero-order valence-corrected chi connectivity index (χ0v) is 8.80. The Morgan fingerprint density at radius 3 is 2.00 bits per heavy atom. The van der Waals surface area contributed by atoms with Crippen LogP contribution in [0.25, 0.3) is 0 Å². The smallest absolute Gasteiger partial charge is 0.115 e. The van der Waals surface area contributed by atoms with Gasteiger partial charge in [-0.25, -0.2) is 5.43 Å². The molecular formula is C13H14N2O. The Morgan fingerprint density at radius 1 is 0.875 bits per heavy atom. The van der Waals surface area contributed by atoms with Crippen molar-refractivity contribution in [1.29, 1.82) is 0 Å². The highest BCUT2D eigenvalue weighted by atomic mass is 16.3. The molecule has 0 bridgehead atoms. The van der Waals surface area contributed by atoms with Gasteiger partial charge in [0.25, 0.3) is 0 Å². The monoisotopic (exact) mass is 214 g/mol. The third kappa shape index (κ3) is 2.21. The molecule has 16 heavy (non-hydrogen) atoms. The van der Waals surface area contributed by atoms with Crippen LogP contribution < -0.4 is 11.3 Å². The maximum Gasteiger partial charge on any atom is 0.115 e. The van der Waals surface area contributed by atoms with Crippen molar-refractivity contribution in [3.05, 3.63) is 65.7 Å². The van der Waals surface area contributed by atoms with Gasteiger partial charge >= 0.3 is 0 Å². The fourth-order valence-electron chi connectivity index (χ4n) is 1.70. The third-order valence-corrected chi connectivity index (χ3v) is 2.53. The number of phenols is 1. The molecule has 0 aliphatic carbocycles. The van der Waals surface area contributed by atoms with Gasteiger partial charge in [0.2, 0.25) is 0 Å². The van der Waals surface area contributed by atoms with Crippen LogP contribution in [0.4, 0.5) is 0 Å². The van der Waals surface area contributed by atoms with Crippen molar-refractivity contribution in [2.24, 2.45) is 5.84 Å². The van der Waals surface area contributed by atoms with Gasteiger partial charge in [-0.15, -0.1) is 0 Å². The first-order valence-corrected chi connectivity index (χ1v) is 5.11. The van der Waals surface area contributed by atoms with E-state index in [0.717, 1.165) is 11.1 Å². The summed E-state index contributed by atoms with van der Waals surface area (Å²) in [7, 11) is 0. The van der Waals surface area contributed by atoms with E-state index < -0.39 is 0 Å². The molecule has 0 heterocycles. The number of hydrogen-bond acceptors (Lipinski definition) is 3. The molecule has 3 heteroatoms. The molecule has 0 saturated heterocycles. The molecule has 0 saturated carbocycles. The van der Waals surface area contributed by atoms with Gasteiger partial charge in [-0.2, -0.15) is 0 Å². The van der Waals surface area contributed by atoms with E-state index in [0.29, 0.717) is 0 Å². The van der Waals surface area contributed by atoms with Crippen LogP contribution in [0, 0.1) is 0 Å². The summed E-state index contributed by atoms with van der Waals surface area (Å²) in [5, 5.41) is 9.23. The van der Waals surface area contributed by atoms with Gasteiger partial charge in [0.05, 0.1) is 6.04 Å². The number of hydrazine groups is 1. The van der Waals surface area contributed by atoms with Crippen molar-refractivity contribution >= 4 is 0 Å². The molecule has 0 aliphatic rings. The fraction of sp³-hybridized carbons (Fsp3) is 0.0769. The maximum atomic E-state index is 9.23. The van der Waals surface area contributed by atoms with Crippen LogP contribution in [0.15, 0.2) is 54.6 Å². The predicted molar refractivity (Wildman–Crippen MR) is 63.7 cm³/mol. The van der Waals surface area contributed by atoms with Crippen molar-refractivity contribution < 1.29 is 5.11 Å². The molecule has 0 spiro atoms. The zero-order valence-electron chi connectivity index (χ0n) is 8.80. The molecule has 2 aromatic rings. The van der Waals surface area contributed by atoms with E-state index >= 15 is 0 Å². The molecule has 0 fully saturated rings. The van der Waals surface area contributed by atoms with Crippen LogP contribution in [-0.4, -0.2) is 5.11 Å². The van der Waals surface area contributed by atoms with Crippen LogP contribution in [0.5, 0.6) is 5.75 Å². The summed E-state index contributed by atoms with van der Waals surface area (Å²) in [5.74, 6) is 5.82. The Hall–Kier alpha value is -1.84. The zero-order chi connectivity index (χ0) is 11.4. The fourth-order valence-corrected chi connectivity index (χ4v) is 1.70. The Morgan fingerprint density at radius 2 is 1.44 bits per heavy atom. The molecule has 0 aromatic heterocycles. The van der Waals surface area contributed by atoms with Gasteiger partial charge < -0.3 is 5.11 Å². The molecule has 1 atom stereocenters. The third-order valence-electron chi connectivity index (χ3n) is 2.53. The lowest BCUT2D eigenvalue weighted by Crippen LogP contribution is -2.28. The summed E-state index contributed by atoms with van der Waals surface area (Å²) in [6, 6.07) is 16.9. The van der Waals surface area contributed by atoms with Crippen molar-refractivity contribution in [3.63, 3.8) is 0 Å². The number of phenolic OH excluding ortho intramolecular Hbond substituents is 1. The predicted octanol–water partition coefficient (Wildman–Crippen LogP) is 1.94. The van der Waals surface area contributed by atoms with Gasteiger partial charge in [0, 0.05) is 0 Å². The molecule has 4 N–H and O–H groups in total. The summed E-state index contributed by atoms with van der Waals surface area (Å²) in [4.78, 5) is 0. The molecule has 0 aliphatic heterocycles. The average molecular weight is 214 g/mol. The van der Waals surface area contributed by atoms with Crippen LogP contribution in [-0.2, 0) is 0 Å². The van der Waals surface area contributed by atoms with E-state index in [1.54, 1.807) is 12.1 Å². The van der Waals surface area contributed by atoms with Gasteiger partial charge in [0.1, 0.15) is 5.75 Å². The minimum Gasteiger partial charge on any atom is -0.508 e. The topological polar surface area (TPSA) is 58.3 Å². The molecule has 1 unspecified atom stereocenters. The molecule has 82 valence electrons. The summed E-state index contributed by atoms with van der Waals surface area (Å²) in [6.45, 7) is 0. The highest BCUT2D eigenvalue weighted by Crippen LogP contribution is 2.22. The molecule has 3 nitrogen and oxygen atoms in total. The molecule has 0 radical (unpaired) electrons. The van der Waals surface area contributed by atoms with E-state index in [9.17, 15) is 5.11 Å². The first-order valence-electron chi connectivity index (χ1n) is 5.11. The Balaban J connectivity index is 2.33. The molecule has 2 aromatic carbocycles. The summed E-state index contributed by atoms with van der Waals surface area (Å²) in [5.41, 5.74) is 4.89. The molecule has 0 amide bonds. The minimum atomic E-state index is -0.0539. The quantitative estimate of drug-likeness (QED) is 0.540. The number of aromatic hydroxyl groups is 1. The number of nitrogens with one attached hydrogen (secondary N) is 1. The lowest BCUT2D eigenvalue weighted by Gasteiger charge is -2.16. The Bertz CT molecular complexity index is 439. The maximum absolute atomic E-state index is 9.23. The van der Waals surface area contributed by atoms with Crippen LogP contribution in [0.1, 0.15) is 17.2 Å². The Kier molecular flexibility index (Phi) is 3.19. The van der Waals surface area contributed by atoms with Gasteiger partial charge in [-0.1, -0.05) is 42.5 Å². The summed E-state index contributed by atoms with van der Waals surface area (Å²) >= 11 is 0. The van der Waals surface area contributed by atoms with E-state index in [2.05, 4.69) is 5.43 Å². The van der Waals surface area contributed by atoms with E-state index in [4.69, 9.17) is 5.84 Å². The normalized spacial score (nSPS) is 12.3. The lowest BCUT2D eigenvalue weighted by atomic mass is 9.99. The number of hydrogen-bond donors (Lipinski definition) is 3. The standard InChI is InChI=1S/C13H14N2O/c14-15-13(10-4-2-1-3-5-10)11-6-8-12(16)9-7-11/h1-9,13,15-16H,14H2. The van der Waals surface area contributed by atoms with Crippen molar-refractivity contribution in [2.75, 3.05) is 0 Å². The first-order chi connectivity index (χ1) is 7.81. The van der Waals surface area contributed by atoms with Crippen LogP contribution in [0.2, 0.25) is 0 Å². The van der Waals surface area contributed by atoms with Crippen molar-refractivity contribution in [2.45, 2.75) is 6.04 Å². The van der Waals surface area contributed by atoms with Gasteiger partial charge in [-0.3, -0.25) is 5.84 Å².